The van der Waals surface area contributed by atoms with Crippen LogP contribution in [0.2, 0.25) is 0 Å². The van der Waals surface area contributed by atoms with Crippen LogP contribution in [-0.4, -0.2) is 13.1 Å². The van der Waals surface area contributed by atoms with Gasteiger partial charge in [0.2, 0.25) is 0 Å². The van der Waals surface area contributed by atoms with Crippen molar-refractivity contribution in [1.29, 1.82) is 0 Å². The number of carbonyl (C=O) groups excluding carboxylic acids is 1. The first-order valence-electron chi connectivity index (χ1n) is 7.53. The Hall–Kier alpha value is -2.55. The van der Waals surface area contributed by atoms with E-state index in [0.717, 1.165) is 5.56 Å². The Bertz CT molecular complexity index is 692. The minimum absolute atomic E-state index is 0.119. The SMILES string of the molecule is COc1cccc(OC(=O)C=Cc2ccc(C(C)(C)C)cc2)c1. The van der Waals surface area contributed by atoms with Crippen molar-refractivity contribution in [2.45, 2.75) is 26.2 Å². The predicted molar refractivity (Wildman–Crippen MR) is 92.8 cm³/mol. The summed E-state index contributed by atoms with van der Waals surface area (Å²) in [5, 5.41) is 0. The van der Waals surface area contributed by atoms with Crippen LogP contribution in [0.1, 0.15) is 31.9 Å². The Balaban J connectivity index is 2.00. The molecule has 0 aliphatic heterocycles. The summed E-state index contributed by atoms with van der Waals surface area (Å²) in [4.78, 5) is 11.9. The van der Waals surface area contributed by atoms with Crippen molar-refractivity contribution in [2.24, 2.45) is 0 Å². The van der Waals surface area contributed by atoms with Crippen molar-refractivity contribution in [2.75, 3.05) is 7.11 Å². The van der Waals surface area contributed by atoms with Crippen LogP contribution in [0, 0.1) is 0 Å². The first-order valence-corrected chi connectivity index (χ1v) is 7.53. The molecule has 0 fully saturated rings. The summed E-state index contributed by atoms with van der Waals surface area (Å²) in [5.74, 6) is 0.692. The van der Waals surface area contributed by atoms with E-state index in [1.807, 2.05) is 12.1 Å². The van der Waals surface area contributed by atoms with Crippen LogP contribution in [0.25, 0.3) is 6.08 Å². The molecule has 0 amide bonds. The van der Waals surface area contributed by atoms with Crippen molar-refractivity contribution in [3.05, 3.63) is 65.7 Å². The second kappa shape index (κ2) is 7.14. The van der Waals surface area contributed by atoms with Gasteiger partial charge in [-0.25, -0.2) is 4.79 Å². The molecule has 2 rings (SSSR count). The van der Waals surface area contributed by atoms with E-state index in [9.17, 15) is 4.79 Å². The van der Waals surface area contributed by atoms with Gasteiger partial charge in [0.15, 0.2) is 0 Å². The largest absolute Gasteiger partial charge is 0.497 e. The minimum atomic E-state index is -0.418. The highest BCUT2D eigenvalue weighted by atomic mass is 16.5. The highest BCUT2D eigenvalue weighted by Crippen LogP contribution is 2.22. The third-order valence-corrected chi connectivity index (χ3v) is 3.45. The molecular formula is C20H22O3. The number of benzene rings is 2. The number of hydrogen-bond donors (Lipinski definition) is 0. The van der Waals surface area contributed by atoms with E-state index in [1.165, 1.54) is 11.6 Å². The molecule has 0 aromatic heterocycles. The monoisotopic (exact) mass is 310 g/mol. The fourth-order valence-electron chi connectivity index (χ4n) is 2.07. The summed E-state index contributed by atoms with van der Waals surface area (Å²) < 4.78 is 10.3. The molecule has 0 bridgehead atoms. The molecular weight excluding hydrogens is 288 g/mol. The molecule has 23 heavy (non-hydrogen) atoms. The molecule has 0 heterocycles. The molecule has 0 N–H and O–H groups in total. The highest BCUT2D eigenvalue weighted by Gasteiger charge is 2.12. The van der Waals surface area contributed by atoms with Gasteiger partial charge in [0.05, 0.1) is 7.11 Å². The molecule has 0 saturated carbocycles. The Kier molecular flexibility index (Phi) is 5.22. The summed E-state index contributed by atoms with van der Waals surface area (Å²) in [5.41, 5.74) is 2.34. The van der Waals surface area contributed by atoms with E-state index < -0.39 is 5.97 Å². The smallest absolute Gasteiger partial charge is 0.336 e. The third kappa shape index (κ3) is 4.99. The molecule has 0 atom stereocenters. The zero-order valence-electron chi connectivity index (χ0n) is 14.0. The maximum atomic E-state index is 11.9. The predicted octanol–water partition coefficient (Wildman–Crippen LogP) is 4.61. The lowest BCUT2D eigenvalue weighted by atomic mass is 9.87. The summed E-state index contributed by atoms with van der Waals surface area (Å²) in [6.07, 6.45) is 3.17. The molecule has 2 aromatic rings. The van der Waals surface area contributed by atoms with Crippen molar-refractivity contribution < 1.29 is 14.3 Å². The van der Waals surface area contributed by atoms with Crippen LogP contribution in [0.15, 0.2) is 54.6 Å². The number of esters is 1. The zero-order chi connectivity index (χ0) is 16.9. The molecule has 3 heteroatoms. The quantitative estimate of drug-likeness (QED) is 0.470. The molecule has 0 radical (unpaired) electrons. The third-order valence-electron chi connectivity index (χ3n) is 3.45. The van der Waals surface area contributed by atoms with Gasteiger partial charge in [0.25, 0.3) is 0 Å². The van der Waals surface area contributed by atoms with E-state index in [-0.39, 0.29) is 5.41 Å². The Morgan fingerprint density at radius 3 is 2.26 bits per heavy atom. The zero-order valence-corrected chi connectivity index (χ0v) is 14.0. The van der Waals surface area contributed by atoms with Gasteiger partial charge in [0, 0.05) is 12.1 Å². The molecule has 120 valence electrons. The van der Waals surface area contributed by atoms with Gasteiger partial charge < -0.3 is 9.47 Å². The fourth-order valence-corrected chi connectivity index (χ4v) is 2.07. The summed E-state index contributed by atoms with van der Waals surface area (Å²) in [6, 6.07) is 15.1. The molecule has 2 aromatic carbocycles. The lowest BCUT2D eigenvalue weighted by molar-refractivity contribution is -0.128. The average Bonchev–Trinajstić information content (AvgIpc) is 2.52. The number of carbonyl (C=O) groups is 1. The van der Waals surface area contributed by atoms with E-state index in [4.69, 9.17) is 9.47 Å². The van der Waals surface area contributed by atoms with E-state index in [2.05, 4.69) is 32.9 Å². The van der Waals surface area contributed by atoms with Crippen LogP contribution >= 0.6 is 0 Å². The van der Waals surface area contributed by atoms with Crippen molar-refractivity contribution >= 4 is 12.0 Å². The van der Waals surface area contributed by atoms with Gasteiger partial charge in [-0.3, -0.25) is 0 Å². The van der Waals surface area contributed by atoms with E-state index in [1.54, 1.807) is 37.5 Å². The average molecular weight is 310 g/mol. The second-order valence-corrected chi connectivity index (χ2v) is 6.31. The molecule has 0 aliphatic carbocycles. The van der Waals surface area contributed by atoms with E-state index in [0.29, 0.717) is 11.5 Å². The summed E-state index contributed by atoms with van der Waals surface area (Å²) in [6.45, 7) is 6.51. The maximum Gasteiger partial charge on any atom is 0.336 e. The first-order chi connectivity index (χ1) is 10.9. The maximum absolute atomic E-state index is 11.9. The summed E-state index contributed by atoms with van der Waals surface area (Å²) >= 11 is 0. The normalized spacial score (nSPS) is 11.5. The first kappa shape index (κ1) is 16.8. The van der Waals surface area contributed by atoms with Gasteiger partial charge in [-0.05, 0) is 34.8 Å². The minimum Gasteiger partial charge on any atom is -0.497 e. The second-order valence-electron chi connectivity index (χ2n) is 6.31. The van der Waals surface area contributed by atoms with Gasteiger partial charge in [-0.2, -0.15) is 0 Å². The Morgan fingerprint density at radius 2 is 1.65 bits per heavy atom. The molecule has 0 aliphatic rings. The van der Waals surface area contributed by atoms with E-state index >= 15 is 0 Å². The molecule has 0 saturated heterocycles. The standard InChI is InChI=1S/C20H22O3/c1-20(2,3)16-11-8-15(9-12-16)10-13-19(21)23-18-7-5-6-17(14-18)22-4/h5-14H,1-4H3. The lowest BCUT2D eigenvalue weighted by Crippen LogP contribution is -2.10. The van der Waals surface area contributed by atoms with Gasteiger partial charge in [-0.1, -0.05) is 51.1 Å². The topological polar surface area (TPSA) is 35.5 Å². The number of methoxy groups -OCH3 is 1. The van der Waals surface area contributed by atoms with Crippen molar-refractivity contribution in [3.8, 4) is 11.5 Å². The summed E-state index contributed by atoms with van der Waals surface area (Å²) in [7, 11) is 1.57. The van der Waals surface area contributed by atoms with Crippen molar-refractivity contribution in [3.63, 3.8) is 0 Å². The van der Waals surface area contributed by atoms with Crippen LogP contribution < -0.4 is 9.47 Å². The number of hydrogen-bond acceptors (Lipinski definition) is 3. The van der Waals surface area contributed by atoms with Gasteiger partial charge >= 0.3 is 5.97 Å². The molecule has 0 spiro atoms. The Labute approximate surface area is 137 Å². The molecule has 3 nitrogen and oxygen atoms in total. The van der Waals surface area contributed by atoms with Crippen LogP contribution in [-0.2, 0) is 10.2 Å². The fraction of sp³-hybridized carbons (Fsp3) is 0.250. The lowest BCUT2D eigenvalue weighted by Gasteiger charge is -2.18. The van der Waals surface area contributed by atoms with Crippen LogP contribution in [0.3, 0.4) is 0 Å². The number of ether oxygens (including phenoxy) is 2. The Morgan fingerprint density at radius 1 is 1.00 bits per heavy atom. The highest BCUT2D eigenvalue weighted by molar-refractivity contribution is 5.88. The molecule has 0 unspecified atom stereocenters. The van der Waals surface area contributed by atoms with Gasteiger partial charge in [-0.15, -0.1) is 0 Å². The van der Waals surface area contributed by atoms with Crippen LogP contribution in [0.4, 0.5) is 0 Å². The number of rotatable bonds is 4. The van der Waals surface area contributed by atoms with Crippen LogP contribution in [0.5, 0.6) is 11.5 Å². The van der Waals surface area contributed by atoms with Gasteiger partial charge in [0.1, 0.15) is 11.5 Å². The van der Waals surface area contributed by atoms with Crippen molar-refractivity contribution in [1.82, 2.24) is 0 Å².